The number of rotatable bonds is 3. The Hall–Kier alpha value is -1.46. The zero-order valence-electron chi connectivity index (χ0n) is 13.4. The van der Waals surface area contributed by atoms with E-state index in [0.29, 0.717) is 5.75 Å². The van der Waals surface area contributed by atoms with E-state index in [4.69, 9.17) is 4.74 Å². The van der Waals surface area contributed by atoms with Gasteiger partial charge in [0.15, 0.2) is 0 Å². The Labute approximate surface area is 130 Å². The molecule has 0 aliphatic rings. The molecule has 1 atom stereocenters. The van der Waals surface area contributed by atoms with Crippen molar-refractivity contribution in [2.75, 3.05) is 7.11 Å². The van der Waals surface area contributed by atoms with Gasteiger partial charge in [-0.2, -0.15) is 0 Å². The van der Waals surface area contributed by atoms with Gasteiger partial charge in [-0.05, 0) is 42.6 Å². The lowest BCUT2D eigenvalue weighted by Crippen LogP contribution is -2.16. The molecule has 0 bridgehead atoms. The monoisotopic (exact) mass is 306 g/mol. The molecule has 1 aromatic carbocycles. The maximum absolute atomic E-state index is 10.9. The van der Waals surface area contributed by atoms with Crippen LogP contribution in [-0.2, 0) is 5.41 Å². The first-order valence-electron chi connectivity index (χ1n) is 6.91. The molecule has 0 fully saturated rings. The number of aromatic nitrogens is 2. The van der Waals surface area contributed by atoms with Crippen LogP contribution < -0.4 is 4.74 Å². The van der Waals surface area contributed by atoms with E-state index in [2.05, 4.69) is 30.4 Å². The van der Waals surface area contributed by atoms with E-state index in [9.17, 15) is 5.11 Å². The van der Waals surface area contributed by atoms with E-state index in [-0.39, 0.29) is 5.41 Å². The van der Waals surface area contributed by atoms with Gasteiger partial charge in [-0.1, -0.05) is 31.3 Å². The number of benzene rings is 1. The van der Waals surface area contributed by atoms with E-state index in [1.807, 2.05) is 26.0 Å². The van der Waals surface area contributed by atoms with Crippen molar-refractivity contribution in [2.24, 2.45) is 0 Å². The van der Waals surface area contributed by atoms with Gasteiger partial charge in [-0.25, -0.2) is 0 Å². The van der Waals surface area contributed by atoms with Crippen LogP contribution >= 0.6 is 11.5 Å². The largest absolute Gasteiger partial charge is 0.496 e. The van der Waals surface area contributed by atoms with Crippen molar-refractivity contribution in [3.05, 3.63) is 39.4 Å². The highest BCUT2D eigenvalue weighted by Gasteiger charge is 2.29. The van der Waals surface area contributed by atoms with Crippen molar-refractivity contribution >= 4 is 11.5 Å². The first-order valence-corrected chi connectivity index (χ1v) is 7.69. The van der Waals surface area contributed by atoms with E-state index < -0.39 is 6.10 Å². The summed E-state index contributed by atoms with van der Waals surface area (Å²) >= 11 is 1.24. The highest BCUT2D eigenvalue weighted by molar-refractivity contribution is 7.05. The molecule has 5 heteroatoms. The van der Waals surface area contributed by atoms with Crippen LogP contribution in [0.2, 0.25) is 0 Å². The van der Waals surface area contributed by atoms with Gasteiger partial charge < -0.3 is 9.84 Å². The summed E-state index contributed by atoms with van der Waals surface area (Å²) in [5.41, 5.74) is 3.59. The minimum atomic E-state index is -0.769. The van der Waals surface area contributed by atoms with Gasteiger partial charge >= 0.3 is 0 Å². The van der Waals surface area contributed by atoms with Gasteiger partial charge in [0.2, 0.25) is 0 Å². The van der Waals surface area contributed by atoms with Crippen LogP contribution in [-0.4, -0.2) is 21.8 Å². The Balaban J connectivity index is 2.56. The number of aryl methyl sites for hydroxylation is 2. The molecular formula is C16H22N2O2S. The number of aliphatic hydroxyl groups is 1. The second kappa shape index (κ2) is 5.73. The number of hydrogen-bond acceptors (Lipinski definition) is 5. The molecule has 0 aliphatic carbocycles. The third kappa shape index (κ3) is 3.09. The summed E-state index contributed by atoms with van der Waals surface area (Å²) in [4.78, 5) is 0.785. The predicted octanol–water partition coefficient (Wildman–Crippen LogP) is 3.54. The van der Waals surface area contributed by atoms with Gasteiger partial charge in [-0.15, -0.1) is 5.10 Å². The fourth-order valence-corrected chi connectivity index (χ4v) is 3.35. The Morgan fingerprint density at radius 2 is 1.90 bits per heavy atom. The zero-order valence-corrected chi connectivity index (χ0v) is 14.2. The normalized spacial score (nSPS) is 13.3. The van der Waals surface area contributed by atoms with E-state index >= 15 is 0 Å². The van der Waals surface area contributed by atoms with Gasteiger partial charge in [0.25, 0.3) is 0 Å². The SMILES string of the molecule is COc1cc(C)cc(C)c1C(O)c1snnc1C(C)(C)C. The van der Waals surface area contributed by atoms with Gasteiger partial charge in [0, 0.05) is 11.0 Å². The minimum absolute atomic E-state index is 0.158. The molecule has 2 aromatic rings. The Morgan fingerprint density at radius 1 is 1.24 bits per heavy atom. The van der Waals surface area contributed by atoms with E-state index in [0.717, 1.165) is 27.3 Å². The maximum atomic E-state index is 10.9. The van der Waals surface area contributed by atoms with Crippen LogP contribution in [0.25, 0.3) is 0 Å². The molecule has 0 spiro atoms. The van der Waals surface area contributed by atoms with Crippen LogP contribution in [0.5, 0.6) is 5.75 Å². The molecule has 1 aromatic heterocycles. The second-order valence-corrected chi connectivity index (χ2v) is 7.12. The molecule has 1 heterocycles. The molecule has 0 amide bonds. The number of ether oxygens (including phenoxy) is 1. The third-order valence-corrected chi connectivity index (χ3v) is 4.24. The standard InChI is InChI=1S/C16H22N2O2S/c1-9-7-10(2)12(11(8-9)20-6)13(19)14-15(16(3,4)5)17-18-21-14/h7-8,13,19H,1-6H3. The summed E-state index contributed by atoms with van der Waals surface area (Å²) in [5.74, 6) is 0.702. The topological polar surface area (TPSA) is 55.2 Å². The lowest BCUT2D eigenvalue weighted by Gasteiger charge is -2.21. The van der Waals surface area contributed by atoms with Crippen molar-refractivity contribution < 1.29 is 9.84 Å². The van der Waals surface area contributed by atoms with E-state index in [1.54, 1.807) is 7.11 Å². The van der Waals surface area contributed by atoms with Crippen LogP contribution in [0.15, 0.2) is 12.1 Å². The molecule has 4 nitrogen and oxygen atoms in total. The van der Waals surface area contributed by atoms with Gasteiger partial charge in [0.05, 0.1) is 17.7 Å². The Morgan fingerprint density at radius 3 is 2.48 bits per heavy atom. The summed E-state index contributed by atoms with van der Waals surface area (Å²) in [5, 5.41) is 15.1. The van der Waals surface area contributed by atoms with Gasteiger partial charge in [-0.3, -0.25) is 0 Å². The highest BCUT2D eigenvalue weighted by atomic mass is 32.1. The average molecular weight is 306 g/mol. The first kappa shape index (κ1) is 15.9. The Kier molecular flexibility index (Phi) is 4.35. The molecule has 0 saturated heterocycles. The highest BCUT2D eigenvalue weighted by Crippen LogP contribution is 2.38. The number of aliphatic hydroxyl groups excluding tert-OH is 1. The minimum Gasteiger partial charge on any atom is -0.496 e. The lowest BCUT2D eigenvalue weighted by atomic mass is 9.88. The van der Waals surface area contributed by atoms with Crippen molar-refractivity contribution in [1.29, 1.82) is 0 Å². The number of nitrogens with zero attached hydrogens (tertiary/aromatic N) is 2. The third-order valence-electron chi connectivity index (χ3n) is 3.46. The molecule has 21 heavy (non-hydrogen) atoms. The summed E-state index contributed by atoms with van der Waals surface area (Å²) in [6.07, 6.45) is -0.769. The molecule has 0 saturated carbocycles. The molecule has 0 radical (unpaired) electrons. The van der Waals surface area contributed by atoms with Crippen LogP contribution in [0.4, 0.5) is 0 Å². The van der Waals surface area contributed by atoms with E-state index in [1.165, 1.54) is 11.5 Å². The van der Waals surface area contributed by atoms with Gasteiger partial charge in [0.1, 0.15) is 11.9 Å². The van der Waals surface area contributed by atoms with Crippen LogP contribution in [0.1, 0.15) is 54.1 Å². The van der Waals surface area contributed by atoms with Crippen LogP contribution in [0.3, 0.4) is 0 Å². The Bertz CT molecular complexity index is 644. The second-order valence-electron chi connectivity index (χ2n) is 6.34. The summed E-state index contributed by atoms with van der Waals surface area (Å²) in [6, 6.07) is 3.99. The number of methoxy groups -OCH3 is 1. The fourth-order valence-electron chi connectivity index (χ4n) is 2.49. The zero-order chi connectivity index (χ0) is 15.8. The average Bonchev–Trinajstić information content (AvgIpc) is 2.86. The first-order chi connectivity index (χ1) is 9.75. The summed E-state index contributed by atoms with van der Waals surface area (Å²) in [7, 11) is 1.63. The molecule has 0 aliphatic heterocycles. The predicted molar refractivity (Wildman–Crippen MR) is 85.1 cm³/mol. The van der Waals surface area contributed by atoms with Crippen LogP contribution in [0, 0.1) is 13.8 Å². The molecular weight excluding hydrogens is 284 g/mol. The molecule has 1 N–H and O–H groups in total. The molecule has 2 rings (SSSR count). The fraction of sp³-hybridized carbons (Fsp3) is 0.500. The molecule has 1 unspecified atom stereocenters. The summed E-state index contributed by atoms with van der Waals surface area (Å²) in [6.45, 7) is 10.2. The smallest absolute Gasteiger partial charge is 0.125 e. The van der Waals surface area contributed by atoms with Crippen molar-refractivity contribution in [1.82, 2.24) is 9.59 Å². The van der Waals surface area contributed by atoms with Crippen molar-refractivity contribution in [3.8, 4) is 5.75 Å². The van der Waals surface area contributed by atoms with Crippen molar-refractivity contribution in [3.63, 3.8) is 0 Å². The quantitative estimate of drug-likeness (QED) is 0.942. The summed E-state index contributed by atoms with van der Waals surface area (Å²) < 4.78 is 9.48. The maximum Gasteiger partial charge on any atom is 0.125 e. The van der Waals surface area contributed by atoms with Crippen molar-refractivity contribution in [2.45, 2.75) is 46.1 Å². The molecule has 114 valence electrons. The number of hydrogen-bond donors (Lipinski definition) is 1. The lowest BCUT2D eigenvalue weighted by molar-refractivity contribution is 0.214.